The van der Waals surface area contributed by atoms with Gasteiger partial charge in [-0.05, 0) is 175 Å². The Hall–Kier alpha value is -12.1. The number of fused-ring (bicyclic) bond motifs is 9. The fraction of sp³-hybridized carbons (Fsp3) is 0.0241. The zero-order valence-corrected chi connectivity index (χ0v) is 49.9. The van der Waals surface area contributed by atoms with Gasteiger partial charge in [0.1, 0.15) is 17.5 Å². The second kappa shape index (κ2) is 20.8. The lowest BCUT2D eigenvalue weighted by Gasteiger charge is -2.16. The zero-order valence-electron chi connectivity index (χ0n) is 49.9. The van der Waals surface area contributed by atoms with Crippen LogP contribution < -0.4 is 0 Å². The Balaban J connectivity index is 0.809. The Morgan fingerprint density at radius 2 is 0.593 bits per heavy atom. The molecule has 18 aromatic rings. The third kappa shape index (κ3) is 8.34. The molecule has 0 amide bonds. The Morgan fingerprint density at radius 3 is 1.05 bits per heavy atom. The Labute approximate surface area is 524 Å². The summed E-state index contributed by atoms with van der Waals surface area (Å²) in [6.45, 7) is 4.49. The summed E-state index contributed by atoms with van der Waals surface area (Å²) in [4.78, 5) is 16.8. The number of aromatic nitrogens is 8. The predicted octanol–water partition coefficient (Wildman–Crippen LogP) is 20.8. The predicted molar refractivity (Wildman–Crippen MR) is 376 cm³/mol. The number of para-hydroxylation sites is 11. The summed E-state index contributed by atoms with van der Waals surface area (Å²) in [5.74, 6) is 2.42. The molecule has 0 spiro atoms. The van der Waals surface area contributed by atoms with Crippen molar-refractivity contribution in [1.82, 2.24) is 37.8 Å². The van der Waals surface area contributed by atoms with Crippen LogP contribution in [0.15, 0.2) is 303 Å². The van der Waals surface area contributed by atoms with Crippen LogP contribution in [0.4, 0.5) is 0 Å². The van der Waals surface area contributed by atoms with E-state index in [9.17, 15) is 0 Å². The molecule has 0 aliphatic rings. The lowest BCUT2D eigenvalue weighted by Crippen LogP contribution is -2.02. The maximum atomic E-state index is 5.86. The molecule has 0 saturated carbocycles. The molecule has 0 fully saturated rings. The smallest absolute Gasteiger partial charge is 0.145 e. The van der Waals surface area contributed by atoms with Crippen LogP contribution in [-0.2, 0) is 0 Å². The van der Waals surface area contributed by atoms with Gasteiger partial charge in [-0.25, -0.2) is 15.0 Å². The van der Waals surface area contributed by atoms with Crippen LogP contribution in [0.25, 0.3) is 162 Å². The van der Waals surface area contributed by atoms with Gasteiger partial charge in [0.25, 0.3) is 0 Å². The monoisotopic (exact) mass is 1160 g/mol. The molecule has 13 aromatic carbocycles. The number of hydrogen-bond acceptors (Lipinski definition) is 3. The van der Waals surface area contributed by atoms with Crippen molar-refractivity contribution < 1.29 is 0 Å². The second-order valence-electron chi connectivity index (χ2n) is 23.7. The average molecular weight is 1170 g/mol. The number of imidazole rings is 3. The van der Waals surface area contributed by atoms with Crippen molar-refractivity contribution in [3.05, 3.63) is 314 Å². The van der Waals surface area contributed by atoms with Gasteiger partial charge >= 0.3 is 0 Å². The van der Waals surface area contributed by atoms with Crippen molar-refractivity contribution >= 4 is 76.7 Å². The van der Waals surface area contributed by atoms with Crippen molar-refractivity contribution in [2.24, 2.45) is 0 Å². The first-order chi connectivity index (χ1) is 45.0. The van der Waals surface area contributed by atoms with Gasteiger partial charge in [-0.15, -0.1) is 0 Å². The highest BCUT2D eigenvalue weighted by atomic mass is 15.1. The topological polar surface area (TPSA) is 63.3 Å². The molecule has 8 heteroatoms. The fourth-order valence-electron chi connectivity index (χ4n) is 14.3. The van der Waals surface area contributed by atoms with E-state index in [2.05, 4.69) is 340 Å². The van der Waals surface area contributed by atoms with E-state index in [1.165, 1.54) is 54.8 Å². The van der Waals surface area contributed by atoms with Gasteiger partial charge in [-0.2, -0.15) is 0 Å². The minimum atomic E-state index is 0.795. The summed E-state index contributed by atoms with van der Waals surface area (Å²) in [5.41, 5.74) is 25.5. The van der Waals surface area contributed by atoms with E-state index in [1.807, 2.05) is 0 Å². The van der Waals surface area contributed by atoms with Gasteiger partial charge in [0.2, 0.25) is 0 Å². The molecular weight excluding hydrogens is 1110 g/mol. The largest absolute Gasteiger partial charge is 0.309 e. The number of rotatable bonds is 10. The number of aryl methyl sites for hydroxylation is 2. The molecule has 0 N–H and O–H groups in total. The number of benzene rings is 13. The summed E-state index contributed by atoms with van der Waals surface area (Å²) < 4.78 is 11.7. The highest BCUT2D eigenvalue weighted by molar-refractivity contribution is 6.12. The summed E-state index contributed by atoms with van der Waals surface area (Å²) in [5, 5.41) is 4.91. The van der Waals surface area contributed by atoms with Gasteiger partial charge in [-0.1, -0.05) is 170 Å². The molecule has 0 unspecified atom stereocenters. The first kappa shape index (κ1) is 52.0. The van der Waals surface area contributed by atoms with Gasteiger partial charge in [0, 0.05) is 72.2 Å². The molecule has 8 nitrogen and oxygen atoms in total. The summed E-state index contributed by atoms with van der Waals surface area (Å²) in [7, 11) is 0. The fourth-order valence-corrected chi connectivity index (χ4v) is 14.3. The minimum absolute atomic E-state index is 0.795. The van der Waals surface area contributed by atoms with E-state index in [-0.39, 0.29) is 0 Å². The van der Waals surface area contributed by atoms with Gasteiger partial charge in [0.15, 0.2) is 0 Å². The quantitative estimate of drug-likeness (QED) is 0.137. The van der Waals surface area contributed by atoms with Crippen LogP contribution in [0.5, 0.6) is 0 Å². The van der Waals surface area contributed by atoms with Crippen molar-refractivity contribution in [1.29, 1.82) is 0 Å². The zero-order chi connectivity index (χ0) is 60.3. The summed E-state index contributed by atoms with van der Waals surface area (Å²) in [6.07, 6.45) is 0. The van der Waals surface area contributed by atoms with E-state index >= 15 is 0 Å². The molecule has 91 heavy (non-hydrogen) atoms. The van der Waals surface area contributed by atoms with Crippen molar-refractivity contribution in [2.75, 3.05) is 0 Å². The second-order valence-corrected chi connectivity index (χ2v) is 23.7. The number of nitrogens with zero attached hydrogens (tertiary/aromatic N) is 8. The molecule has 0 bridgehead atoms. The first-order valence-corrected chi connectivity index (χ1v) is 31.0. The highest BCUT2D eigenvalue weighted by Gasteiger charge is 2.25. The van der Waals surface area contributed by atoms with Crippen LogP contribution in [-0.4, -0.2) is 37.8 Å². The molecular formula is C83H56N8. The highest BCUT2D eigenvalue weighted by Crippen LogP contribution is 2.43. The van der Waals surface area contributed by atoms with E-state index in [0.717, 1.165) is 118 Å². The maximum Gasteiger partial charge on any atom is 0.145 e. The Bertz CT molecular complexity index is 5730. The molecule has 0 aliphatic carbocycles. The third-order valence-corrected chi connectivity index (χ3v) is 18.3. The summed E-state index contributed by atoms with van der Waals surface area (Å²) >= 11 is 0. The van der Waals surface area contributed by atoms with Gasteiger partial charge in [-0.3, -0.25) is 13.7 Å². The van der Waals surface area contributed by atoms with Crippen LogP contribution in [0.3, 0.4) is 0 Å². The molecule has 5 heterocycles. The normalized spacial score (nSPS) is 11.8. The third-order valence-electron chi connectivity index (χ3n) is 18.3. The molecule has 0 atom stereocenters. The van der Waals surface area contributed by atoms with Gasteiger partial charge in [0.05, 0.1) is 55.2 Å². The molecule has 0 radical (unpaired) electrons. The molecule has 18 rings (SSSR count). The lowest BCUT2D eigenvalue weighted by atomic mass is 9.95. The average Bonchev–Trinajstić information content (AvgIpc) is 1.71. The van der Waals surface area contributed by atoms with Crippen LogP contribution >= 0.6 is 0 Å². The van der Waals surface area contributed by atoms with Crippen molar-refractivity contribution in [3.63, 3.8) is 0 Å². The van der Waals surface area contributed by atoms with Gasteiger partial charge < -0.3 is 9.13 Å². The Kier molecular flexibility index (Phi) is 11.9. The minimum Gasteiger partial charge on any atom is -0.309 e. The lowest BCUT2D eigenvalue weighted by molar-refractivity contribution is 1.09. The first-order valence-electron chi connectivity index (χ1n) is 31.0. The molecule has 428 valence electrons. The number of hydrogen-bond donors (Lipinski definition) is 0. The molecule has 0 saturated heterocycles. The van der Waals surface area contributed by atoms with Crippen LogP contribution in [0.1, 0.15) is 11.1 Å². The van der Waals surface area contributed by atoms with E-state index in [0.29, 0.717) is 0 Å². The standard InChI is InChI=1S/C83H56N8/c1-53-47-62(87-73-35-17-12-29-67(73)68-30-13-18-36-74(68)87)42-45-64(53)65-46-43-63(48-54(65)2)88-75-37-19-14-31-69(75)70-44-41-55(52-79(70)88)66-32-22-40-78-80(66)86-83(91(78)61-27-10-5-11-28-61)58-50-56(81-84-71-33-15-20-38-76(71)89(81)59-23-6-3-7-24-59)49-57(51-58)82-85-72-34-16-21-39-77(72)90(82)60-25-8-4-9-26-60/h3-52H,1-2H3. The van der Waals surface area contributed by atoms with Crippen molar-refractivity contribution in [2.45, 2.75) is 13.8 Å². The summed E-state index contributed by atoms with van der Waals surface area (Å²) in [6, 6.07) is 109. The SMILES string of the molecule is Cc1cc(-n2c3ccccc3c3ccccc32)ccc1-c1ccc(-n2c3ccccc3c3ccc(-c4cccc5c4nc(-c4cc(-c6nc7ccccc7n6-c6ccccc6)cc(-c6nc7ccccc7n6-c6ccccc6)c4)n5-c4ccccc4)cc32)cc1C. The molecule has 0 aliphatic heterocycles. The van der Waals surface area contributed by atoms with Crippen molar-refractivity contribution in [3.8, 4) is 84.9 Å². The van der Waals surface area contributed by atoms with Crippen LogP contribution in [0.2, 0.25) is 0 Å². The molecule has 5 aromatic heterocycles. The van der Waals surface area contributed by atoms with Crippen LogP contribution in [0, 0.1) is 13.8 Å². The van der Waals surface area contributed by atoms with E-state index in [4.69, 9.17) is 15.0 Å². The maximum absolute atomic E-state index is 5.86. The van der Waals surface area contributed by atoms with E-state index < -0.39 is 0 Å². The van der Waals surface area contributed by atoms with E-state index in [1.54, 1.807) is 0 Å². The Morgan fingerprint density at radius 1 is 0.220 bits per heavy atom.